The highest BCUT2D eigenvalue weighted by molar-refractivity contribution is 6.12. The van der Waals surface area contributed by atoms with Crippen LogP contribution in [0.5, 0.6) is 0 Å². The third kappa shape index (κ3) is 2.97. The Hall–Kier alpha value is -5.08. The minimum Gasteiger partial charge on any atom is -0.309 e. The highest BCUT2D eigenvalue weighted by Crippen LogP contribution is 2.49. The van der Waals surface area contributed by atoms with E-state index in [1.165, 1.54) is 77.2 Å². The summed E-state index contributed by atoms with van der Waals surface area (Å²) in [6.45, 7) is 4.71. The van der Waals surface area contributed by atoms with Crippen molar-refractivity contribution in [3.63, 3.8) is 0 Å². The maximum absolute atomic E-state index is 2.46. The van der Waals surface area contributed by atoms with Crippen LogP contribution in [0.1, 0.15) is 25.0 Å². The van der Waals surface area contributed by atoms with Gasteiger partial charge < -0.3 is 9.13 Å². The second-order valence-corrected chi connectivity index (χ2v) is 11.8. The first-order valence-corrected chi connectivity index (χ1v) is 14.4. The summed E-state index contributed by atoms with van der Waals surface area (Å²) in [7, 11) is 0. The molecule has 0 unspecified atom stereocenters. The van der Waals surface area contributed by atoms with Crippen LogP contribution in [0.2, 0.25) is 0 Å². The molecular formula is C39H28N2. The van der Waals surface area contributed by atoms with E-state index in [9.17, 15) is 0 Å². The van der Waals surface area contributed by atoms with E-state index in [0.717, 1.165) is 0 Å². The zero-order chi connectivity index (χ0) is 27.3. The molecule has 8 aromatic rings. The van der Waals surface area contributed by atoms with Crippen molar-refractivity contribution in [2.24, 2.45) is 0 Å². The molecule has 0 saturated carbocycles. The first-order valence-electron chi connectivity index (χ1n) is 14.4. The lowest BCUT2D eigenvalue weighted by molar-refractivity contribution is 0.660. The van der Waals surface area contributed by atoms with Gasteiger partial charge in [-0.15, -0.1) is 0 Å². The molecule has 1 aliphatic rings. The molecule has 0 spiro atoms. The maximum atomic E-state index is 2.46. The van der Waals surface area contributed by atoms with Crippen molar-refractivity contribution < 1.29 is 0 Å². The molecule has 0 amide bonds. The van der Waals surface area contributed by atoms with Crippen LogP contribution >= 0.6 is 0 Å². The molecule has 0 aliphatic heterocycles. The summed E-state index contributed by atoms with van der Waals surface area (Å²) in [6.07, 6.45) is 0. The molecular weight excluding hydrogens is 496 g/mol. The quantitative estimate of drug-likeness (QED) is 0.213. The Morgan fingerprint density at radius 2 is 0.854 bits per heavy atom. The zero-order valence-electron chi connectivity index (χ0n) is 23.1. The standard InChI is InChI=1S/C39H28N2/c1-39(2)33-15-7-3-11-27(33)28-21-19-25(23-34(28)39)41-37-18-10-6-14-31(37)32-22-20-26(24-38(32)41)40-35-16-8-4-12-29(35)30-13-5-9-17-36(30)40/h3-24H,1-2H3. The van der Waals surface area contributed by atoms with E-state index in [2.05, 4.69) is 156 Å². The highest BCUT2D eigenvalue weighted by atomic mass is 15.0. The molecule has 0 atom stereocenters. The summed E-state index contributed by atoms with van der Waals surface area (Å²) < 4.78 is 4.87. The molecule has 2 nitrogen and oxygen atoms in total. The summed E-state index contributed by atoms with van der Waals surface area (Å²) in [5.41, 5.74) is 12.7. The average Bonchev–Trinajstić information content (AvgIpc) is 3.61. The summed E-state index contributed by atoms with van der Waals surface area (Å²) >= 11 is 0. The van der Waals surface area contributed by atoms with Gasteiger partial charge in [-0.1, -0.05) is 105 Å². The van der Waals surface area contributed by atoms with Crippen LogP contribution in [-0.2, 0) is 5.41 Å². The third-order valence-electron chi connectivity index (χ3n) is 9.32. The van der Waals surface area contributed by atoms with Crippen LogP contribution in [0.3, 0.4) is 0 Å². The van der Waals surface area contributed by atoms with Crippen molar-refractivity contribution in [2.45, 2.75) is 19.3 Å². The summed E-state index contributed by atoms with van der Waals surface area (Å²) in [5, 5.41) is 5.11. The van der Waals surface area contributed by atoms with Gasteiger partial charge in [-0.05, 0) is 64.7 Å². The molecule has 2 aromatic heterocycles. The number of nitrogens with zero attached hydrogens (tertiary/aromatic N) is 2. The molecule has 2 heterocycles. The van der Waals surface area contributed by atoms with E-state index >= 15 is 0 Å². The lowest BCUT2D eigenvalue weighted by Crippen LogP contribution is -2.15. The number of benzene rings is 6. The number of para-hydroxylation sites is 3. The van der Waals surface area contributed by atoms with Crippen LogP contribution in [0.4, 0.5) is 0 Å². The maximum Gasteiger partial charge on any atom is 0.0561 e. The largest absolute Gasteiger partial charge is 0.309 e. The highest BCUT2D eigenvalue weighted by Gasteiger charge is 2.35. The van der Waals surface area contributed by atoms with Crippen LogP contribution < -0.4 is 0 Å². The van der Waals surface area contributed by atoms with E-state index in [4.69, 9.17) is 0 Å². The van der Waals surface area contributed by atoms with Gasteiger partial charge in [0.15, 0.2) is 0 Å². The van der Waals surface area contributed by atoms with Gasteiger partial charge in [0.25, 0.3) is 0 Å². The van der Waals surface area contributed by atoms with Crippen LogP contribution in [0.25, 0.3) is 66.1 Å². The Kier molecular flexibility index (Phi) is 4.42. The van der Waals surface area contributed by atoms with E-state index in [-0.39, 0.29) is 5.41 Å². The third-order valence-corrected chi connectivity index (χ3v) is 9.32. The Morgan fingerprint density at radius 3 is 1.51 bits per heavy atom. The minimum atomic E-state index is -0.0468. The van der Waals surface area contributed by atoms with Crippen LogP contribution in [0.15, 0.2) is 133 Å². The molecule has 6 aromatic carbocycles. The molecule has 2 heteroatoms. The van der Waals surface area contributed by atoms with Gasteiger partial charge in [0.05, 0.1) is 22.1 Å². The molecule has 0 radical (unpaired) electrons. The van der Waals surface area contributed by atoms with Gasteiger partial charge in [0, 0.05) is 38.3 Å². The molecule has 0 N–H and O–H groups in total. The second-order valence-electron chi connectivity index (χ2n) is 11.8. The number of hydrogen-bond donors (Lipinski definition) is 0. The molecule has 1 aliphatic carbocycles. The van der Waals surface area contributed by atoms with Gasteiger partial charge in [-0.25, -0.2) is 0 Å². The SMILES string of the molecule is CC1(C)c2ccccc2-c2ccc(-n3c4ccccc4c4ccc(-n5c6ccccc6c6ccccc65)cc43)cc21. The zero-order valence-corrected chi connectivity index (χ0v) is 23.1. The molecule has 0 fully saturated rings. The van der Waals surface area contributed by atoms with Gasteiger partial charge in [-0.3, -0.25) is 0 Å². The summed E-state index contributed by atoms with van der Waals surface area (Å²) in [5.74, 6) is 0. The molecule has 0 saturated heterocycles. The van der Waals surface area contributed by atoms with Crippen LogP contribution in [-0.4, -0.2) is 9.13 Å². The molecule has 194 valence electrons. The van der Waals surface area contributed by atoms with Crippen molar-refractivity contribution in [2.75, 3.05) is 0 Å². The lowest BCUT2D eigenvalue weighted by Gasteiger charge is -2.22. The monoisotopic (exact) mass is 524 g/mol. The van der Waals surface area contributed by atoms with E-state index < -0.39 is 0 Å². The Bertz CT molecular complexity index is 2290. The first-order chi connectivity index (χ1) is 20.1. The van der Waals surface area contributed by atoms with E-state index in [1.54, 1.807) is 0 Å². The minimum absolute atomic E-state index is 0.0468. The van der Waals surface area contributed by atoms with Gasteiger partial charge in [0.2, 0.25) is 0 Å². The smallest absolute Gasteiger partial charge is 0.0561 e. The Balaban J connectivity index is 1.34. The summed E-state index contributed by atoms with van der Waals surface area (Å²) in [4.78, 5) is 0. The number of aromatic nitrogens is 2. The normalized spacial score (nSPS) is 13.8. The van der Waals surface area contributed by atoms with Crippen molar-refractivity contribution in [1.82, 2.24) is 9.13 Å². The van der Waals surface area contributed by atoms with Gasteiger partial charge in [0.1, 0.15) is 0 Å². The lowest BCUT2D eigenvalue weighted by atomic mass is 9.82. The van der Waals surface area contributed by atoms with Crippen molar-refractivity contribution in [3.8, 4) is 22.5 Å². The molecule has 0 bridgehead atoms. The fourth-order valence-electron chi connectivity index (χ4n) is 7.41. The fraction of sp³-hybridized carbons (Fsp3) is 0.0769. The molecule has 41 heavy (non-hydrogen) atoms. The van der Waals surface area contributed by atoms with Crippen molar-refractivity contribution in [3.05, 3.63) is 145 Å². The fourth-order valence-corrected chi connectivity index (χ4v) is 7.41. The Morgan fingerprint density at radius 1 is 0.390 bits per heavy atom. The predicted octanol–water partition coefficient (Wildman–Crippen LogP) is 10.2. The number of rotatable bonds is 2. The topological polar surface area (TPSA) is 9.86 Å². The second kappa shape index (κ2) is 7.99. The predicted molar refractivity (Wildman–Crippen MR) is 173 cm³/mol. The van der Waals surface area contributed by atoms with E-state index in [0.29, 0.717) is 0 Å². The van der Waals surface area contributed by atoms with E-state index in [1.807, 2.05) is 0 Å². The Labute approximate surface area is 238 Å². The number of hydrogen-bond acceptors (Lipinski definition) is 0. The number of fused-ring (bicyclic) bond motifs is 9. The van der Waals surface area contributed by atoms with Crippen molar-refractivity contribution in [1.29, 1.82) is 0 Å². The van der Waals surface area contributed by atoms with Gasteiger partial charge >= 0.3 is 0 Å². The first kappa shape index (κ1) is 22.7. The van der Waals surface area contributed by atoms with Crippen LogP contribution in [0, 0.1) is 0 Å². The van der Waals surface area contributed by atoms with Crippen molar-refractivity contribution >= 4 is 43.6 Å². The van der Waals surface area contributed by atoms with Gasteiger partial charge in [-0.2, -0.15) is 0 Å². The molecule has 9 rings (SSSR count). The summed E-state index contributed by atoms with van der Waals surface area (Å²) in [6, 6.07) is 49.1. The average molecular weight is 525 g/mol.